The Labute approximate surface area is 157 Å². The highest BCUT2D eigenvalue weighted by Gasteiger charge is 2.15. The van der Waals surface area contributed by atoms with E-state index in [1.54, 1.807) is 16.7 Å². The zero-order chi connectivity index (χ0) is 19.6. The molecule has 138 valence electrons. The molecule has 27 heavy (non-hydrogen) atoms. The largest absolute Gasteiger partial charge is 0.433 e. The summed E-state index contributed by atoms with van der Waals surface area (Å²) in [6, 6.07) is 7.38. The van der Waals surface area contributed by atoms with E-state index >= 15 is 0 Å². The van der Waals surface area contributed by atoms with Crippen LogP contribution in [0.15, 0.2) is 50.8 Å². The molecule has 0 spiro atoms. The van der Waals surface area contributed by atoms with E-state index in [0.29, 0.717) is 22.5 Å². The fourth-order valence-corrected chi connectivity index (χ4v) is 2.69. The highest BCUT2D eigenvalue weighted by Crippen LogP contribution is 2.18. The van der Waals surface area contributed by atoms with Gasteiger partial charge in [0.25, 0.3) is 5.91 Å². The van der Waals surface area contributed by atoms with Gasteiger partial charge in [-0.25, -0.2) is 5.43 Å². The van der Waals surface area contributed by atoms with Gasteiger partial charge in [0.2, 0.25) is 5.43 Å². The maximum Gasteiger partial charge on any atom is 0.433 e. The van der Waals surface area contributed by atoms with Crippen LogP contribution < -0.4 is 10.9 Å². The molecule has 2 heterocycles. The third kappa shape index (κ3) is 3.72. The van der Waals surface area contributed by atoms with E-state index in [2.05, 4.69) is 10.5 Å². The molecule has 0 aliphatic carbocycles. The summed E-state index contributed by atoms with van der Waals surface area (Å²) < 4.78 is 6.64. The summed E-state index contributed by atoms with van der Waals surface area (Å²) in [7, 11) is 0. The first-order valence-corrected chi connectivity index (χ1v) is 8.19. The average molecular weight is 389 g/mol. The minimum Gasteiger partial charge on any atom is -0.400 e. The van der Waals surface area contributed by atoms with Gasteiger partial charge in [-0.2, -0.15) is 5.10 Å². The number of hydrazone groups is 1. The van der Waals surface area contributed by atoms with Crippen molar-refractivity contribution >= 4 is 40.5 Å². The Bertz CT molecular complexity index is 1130. The van der Waals surface area contributed by atoms with Gasteiger partial charge in [0.15, 0.2) is 5.76 Å². The number of benzene rings is 1. The van der Waals surface area contributed by atoms with Crippen LogP contribution in [0.2, 0.25) is 5.02 Å². The van der Waals surface area contributed by atoms with Gasteiger partial charge in [0, 0.05) is 23.2 Å². The number of hydrogen-bond donors (Lipinski definition) is 1. The first kappa shape index (κ1) is 18.3. The molecule has 0 atom stereocenters. The summed E-state index contributed by atoms with van der Waals surface area (Å²) in [5.41, 5.74) is 2.30. The van der Waals surface area contributed by atoms with Crippen molar-refractivity contribution in [1.82, 2.24) is 9.99 Å². The highest BCUT2D eigenvalue weighted by atomic mass is 35.5. The third-order valence-corrected chi connectivity index (χ3v) is 4.01. The maximum atomic E-state index is 12.6. The van der Waals surface area contributed by atoms with Crippen molar-refractivity contribution in [2.24, 2.45) is 5.10 Å². The van der Waals surface area contributed by atoms with E-state index in [-0.39, 0.29) is 11.3 Å². The number of aromatic nitrogens is 1. The van der Waals surface area contributed by atoms with Crippen LogP contribution in [-0.2, 0) is 6.54 Å². The predicted molar refractivity (Wildman–Crippen MR) is 99.3 cm³/mol. The number of nitrogens with zero attached hydrogens (tertiary/aromatic N) is 3. The molecule has 0 saturated carbocycles. The molecule has 1 amide bonds. The van der Waals surface area contributed by atoms with Crippen molar-refractivity contribution < 1.29 is 14.1 Å². The molecule has 10 heteroatoms. The van der Waals surface area contributed by atoms with Crippen LogP contribution >= 0.6 is 11.6 Å². The van der Waals surface area contributed by atoms with E-state index < -0.39 is 22.1 Å². The second kappa shape index (κ2) is 7.42. The normalized spacial score (nSPS) is 11.2. The van der Waals surface area contributed by atoms with Gasteiger partial charge in [-0.1, -0.05) is 11.6 Å². The molecule has 9 nitrogen and oxygen atoms in total. The Kier molecular flexibility index (Phi) is 5.04. The fraction of sp³-hybridized carbons (Fsp3) is 0.118. The standard InChI is InChI=1S/C17H13ClN4O5/c1-2-21-9-13(16(23)12-7-10(18)3-5-14(12)21)17(24)20-19-8-11-4-6-15(27-11)22(25)26/h3-9H,2H2,1H3,(H,20,24)/b19-8+. The van der Waals surface area contributed by atoms with Gasteiger partial charge in [-0.05, 0) is 31.2 Å². The van der Waals surface area contributed by atoms with E-state index in [1.807, 2.05) is 6.92 Å². The Morgan fingerprint density at radius 1 is 1.41 bits per heavy atom. The van der Waals surface area contributed by atoms with Gasteiger partial charge in [0.1, 0.15) is 10.5 Å². The van der Waals surface area contributed by atoms with Crippen molar-refractivity contribution in [2.45, 2.75) is 13.5 Å². The molecule has 0 bridgehead atoms. The summed E-state index contributed by atoms with van der Waals surface area (Å²) in [5, 5.41) is 14.9. The van der Waals surface area contributed by atoms with Crippen LogP contribution in [0.5, 0.6) is 0 Å². The summed E-state index contributed by atoms with van der Waals surface area (Å²) in [5.74, 6) is -1.08. The molecule has 3 aromatic rings. The lowest BCUT2D eigenvalue weighted by atomic mass is 10.1. The number of carbonyl (C=O) groups excluding carboxylic acids is 1. The van der Waals surface area contributed by atoms with Crippen molar-refractivity contribution in [1.29, 1.82) is 0 Å². The van der Waals surface area contributed by atoms with Crippen LogP contribution in [0.3, 0.4) is 0 Å². The average Bonchev–Trinajstić information content (AvgIpc) is 3.11. The molecule has 0 aliphatic heterocycles. The number of rotatable bonds is 5. The molecule has 1 N–H and O–H groups in total. The molecule has 0 unspecified atom stereocenters. The maximum absolute atomic E-state index is 12.6. The second-order valence-corrected chi connectivity index (χ2v) is 5.89. The molecule has 1 aromatic carbocycles. The van der Waals surface area contributed by atoms with Crippen LogP contribution in [0.1, 0.15) is 23.0 Å². The number of pyridine rings is 1. The predicted octanol–water partition coefficient (Wildman–Crippen LogP) is 2.94. The number of furan rings is 1. The number of amides is 1. The number of fused-ring (bicyclic) bond motifs is 1. The number of hydrogen-bond acceptors (Lipinski definition) is 6. The summed E-state index contributed by atoms with van der Waals surface area (Å²) in [6.07, 6.45) is 2.54. The first-order valence-electron chi connectivity index (χ1n) is 7.81. The second-order valence-electron chi connectivity index (χ2n) is 5.45. The minimum absolute atomic E-state index is 0.0817. The molecule has 2 aromatic heterocycles. The van der Waals surface area contributed by atoms with E-state index in [0.717, 1.165) is 12.3 Å². The third-order valence-electron chi connectivity index (χ3n) is 3.78. The summed E-state index contributed by atoms with van der Waals surface area (Å²) in [6.45, 7) is 2.42. The zero-order valence-corrected chi connectivity index (χ0v) is 14.8. The lowest BCUT2D eigenvalue weighted by molar-refractivity contribution is -0.402. The quantitative estimate of drug-likeness (QED) is 0.409. The van der Waals surface area contributed by atoms with Crippen LogP contribution in [0.4, 0.5) is 5.88 Å². The first-order chi connectivity index (χ1) is 12.9. The molecular formula is C17H13ClN4O5. The summed E-state index contributed by atoms with van der Waals surface area (Å²) >= 11 is 5.96. The number of nitro groups is 1. The van der Waals surface area contributed by atoms with Gasteiger partial charge in [-0.3, -0.25) is 19.7 Å². The van der Waals surface area contributed by atoms with E-state index in [4.69, 9.17) is 16.0 Å². The van der Waals surface area contributed by atoms with Crippen molar-refractivity contribution in [2.75, 3.05) is 0 Å². The monoisotopic (exact) mass is 388 g/mol. The van der Waals surface area contributed by atoms with Crippen molar-refractivity contribution in [3.05, 3.63) is 73.2 Å². The molecule has 0 saturated heterocycles. The molecule has 3 rings (SSSR count). The Morgan fingerprint density at radius 3 is 2.85 bits per heavy atom. The van der Waals surface area contributed by atoms with Crippen molar-refractivity contribution in [3.63, 3.8) is 0 Å². The van der Waals surface area contributed by atoms with Crippen LogP contribution in [0, 0.1) is 10.1 Å². The van der Waals surface area contributed by atoms with Crippen LogP contribution in [0.25, 0.3) is 10.9 Å². The SMILES string of the molecule is CCn1cc(C(=O)N/N=C/c2ccc([N+](=O)[O-])o2)c(=O)c2cc(Cl)ccc21. The van der Waals surface area contributed by atoms with Gasteiger partial charge < -0.3 is 8.98 Å². The lowest BCUT2D eigenvalue weighted by Crippen LogP contribution is -2.26. The Morgan fingerprint density at radius 2 is 2.19 bits per heavy atom. The van der Waals surface area contributed by atoms with Gasteiger partial charge >= 0.3 is 5.88 Å². The minimum atomic E-state index is -0.721. The molecule has 0 aliphatic rings. The molecule has 0 fully saturated rings. The number of nitrogens with one attached hydrogen (secondary N) is 1. The van der Waals surface area contributed by atoms with E-state index in [1.165, 1.54) is 18.3 Å². The fourth-order valence-electron chi connectivity index (χ4n) is 2.52. The lowest BCUT2D eigenvalue weighted by Gasteiger charge is -2.11. The van der Waals surface area contributed by atoms with Crippen molar-refractivity contribution in [3.8, 4) is 0 Å². The molecular weight excluding hydrogens is 376 g/mol. The number of aryl methyl sites for hydroxylation is 1. The molecule has 0 radical (unpaired) electrons. The zero-order valence-electron chi connectivity index (χ0n) is 14.0. The number of halogens is 1. The Balaban J connectivity index is 1.88. The number of carbonyl (C=O) groups is 1. The summed E-state index contributed by atoms with van der Waals surface area (Å²) in [4.78, 5) is 34.8. The topological polar surface area (TPSA) is 120 Å². The smallest absolute Gasteiger partial charge is 0.400 e. The highest BCUT2D eigenvalue weighted by molar-refractivity contribution is 6.31. The van der Waals surface area contributed by atoms with Crippen LogP contribution in [-0.4, -0.2) is 21.6 Å². The Hall–Kier alpha value is -3.46. The van der Waals surface area contributed by atoms with Gasteiger partial charge in [0.05, 0.1) is 17.8 Å². The van der Waals surface area contributed by atoms with E-state index in [9.17, 15) is 19.7 Å². The van der Waals surface area contributed by atoms with Gasteiger partial charge in [-0.15, -0.1) is 0 Å².